The smallest absolute Gasteiger partial charge is 0.322 e. The molecule has 7 heteroatoms. The van der Waals surface area contributed by atoms with Gasteiger partial charge in [0.1, 0.15) is 18.1 Å². The summed E-state index contributed by atoms with van der Waals surface area (Å²) in [4.78, 5) is 17.4. The average Bonchev–Trinajstić information content (AvgIpc) is 2.42. The zero-order valence-corrected chi connectivity index (χ0v) is 9.89. The van der Waals surface area contributed by atoms with Crippen molar-refractivity contribution in [2.45, 2.75) is 6.42 Å². The van der Waals surface area contributed by atoms with Crippen LogP contribution < -0.4 is 4.74 Å². The number of aliphatic hydroxyl groups excluding tert-OH is 1. The summed E-state index contributed by atoms with van der Waals surface area (Å²) in [5.74, 6) is 0.519. The number of benzene rings is 1. The van der Waals surface area contributed by atoms with Gasteiger partial charge in [-0.3, -0.25) is 10.1 Å². The van der Waals surface area contributed by atoms with Gasteiger partial charge in [0.25, 0.3) is 0 Å². The Hall–Kier alpha value is -2.54. The maximum atomic E-state index is 10.5. The topological polar surface area (TPSA) is 98.4 Å². The van der Waals surface area contributed by atoms with Crippen molar-refractivity contribution in [3.05, 3.63) is 52.3 Å². The van der Waals surface area contributed by atoms with Crippen molar-refractivity contribution >= 4 is 5.69 Å². The van der Waals surface area contributed by atoms with Gasteiger partial charge in [0.15, 0.2) is 0 Å². The van der Waals surface area contributed by atoms with E-state index in [2.05, 4.69) is 9.97 Å². The van der Waals surface area contributed by atoms with Gasteiger partial charge in [-0.25, -0.2) is 0 Å². The number of hydrogen-bond acceptors (Lipinski definition) is 6. The number of aromatic nitrogens is 2. The lowest BCUT2D eigenvalue weighted by Crippen LogP contribution is -1.98. The Morgan fingerprint density at radius 1 is 1.26 bits per heavy atom. The molecule has 1 heterocycles. The lowest BCUT2D eigenvalue weighted by molar-refractivity contribution is -0.385. The minimum atomic E-state index is -0.580. The Morgan fingerprint density at radius 3 is 2.58 bits per heavy atom. The first-order chi connectivity index (χ1) is 9.20. The Labute approximate surface area is 108 Å². The van der Waals surface area contributed by atoms with Crippen molar-refractivity contribution in [1.29, 1.82) is 0 Å². The van der Waals surface area contributed by atoms with Gasteiger partial charge in [0.2, 0.25) is 0 Å². The highest BCUT2D eigenvalue weighted by molar-refractivity contribution is 5.35. The molecule has 0 bridgehead atoms. The third kappa shape index (κ3) is 3.23. The molecule has 1 aromatic carbocycles. The molecule has 19 heavy (non-hydrogen) atoms. The van der Waals surface area contributed by atoms with Crippen molar-refractivity contribution in [1.82, 2.24) is 9.97 Å². The fourth-order valence-corrected chi connectivity index (χ4v) is 1.49. The molecule has 0 unspecified atom stereocenters. The average molecular weight is 261 g/mol. The van der Waals surface area contributed by atoms with Crippen LogP contribution in [0.3, 0.4) is 0 Å². The number of nitrogens with zero attached hydrogens (tertiary/aromatic N) is 3. The minimum Gasteiger partial charge on any atom is -0.424 e. The first-order valence-electron chi connectivity index (χ1n) is 5.54. The van der Waals surface area contributed by atoms with Crippen LogP contribution in [0.5, 0.6) is 11.8 Å². The molecular weight excluding hydrogens is 250 g/mol. The standard InChI is InChI=1S/C12H11N3O4/c16-6-5-9-3-1-2-4-11(9)19-12-13-7-10(8-14-12)15(17)18/h1-4,7-8,16H,5-6H2. The van der Waals surface area contributed by atoms with Crippen LogP contribution in [0.4, 0.5) is 5.69 Å². The fraction of sp³-hybridized carbons (Fsp3) is 0.167. The van der Waals surface area contributed by atoms with Crippen LogP contribution >= 0.6 is 0 Å². The number of nitro groups is 1. The third-order valence-corrected chi connectivity index (χ3v) is 2.38. The summed E-state index contributed by atoms with van der Waals surface area (Å²) >= 11 is 0. The fourth-order valence-electron chi connectivity index (χ4n) is 1.49. The number of para-hydroxylation sites is 1. The molecule has 1 N–H and O–H groups in total. The summed E-state index contributed by atoms with van der Waals surface area (Å²) < 4.78 is 5.44. The molecule has 2 aromatic rings. The van der Waals surface area contributed by atoms with E-state index >= 15 is 0 Å². The lowest BCUT2D eigenvalue weighted by atomic mass is 10.1. The van der Waals surface area contributed by atoms with Crippen molar-refractivity contribution in [3.63, 3.8) is 0 Å². The summed E-state index contributed by atoms with van der Waals surface area (Å²) in [7, 11) is 0. The molecule has 7 nitrogen and oxygen atoms in total. The summed E-state index contributed by atoms with van der Waals surface area (Å²) in [5.41, 5.74) is 0.614. The van der Waals surface area contributed by atoms with E-state index in [1.54, 1.807) is 12.1 Å². The van der Waals surface area contributed by atoms with Gasteiger partial charge < -0.3 is 9.84 Å². The molecule has 0 spiro atoms. The van der Waals surface area contributed by atoms with E-state index in [-0.39, 0.29) is 18.3 Å². The molecule has 2 rings (SSSR count). The zero-order chi connectivity index (χ0) is 13.7. The molecule has 0 amide bonds. The van der Waals surface area contributed by atoms with Crippen LogP contribution in [0.15, 0.2) is 36.7 Å². The number of rotatable bonds is 5. The molecule has 0 saturated carbocycles. The molecule has 1 aromatic heterocycles. The van der Waals surface area contributed by atoms with Crippen molar-refractivity contribution < 1.29 is 14.8 Å². The highest BCUT2D eigenvalue weighted by Gasteiger charge is 2.09. The maximum Gasteiger partial charge on any atom is 0.322 e. The molecule has 0 aliphatic carbocycles. The van der Waals surface area contributed by atoms with Crippen LogP contribution in [-0.2, 0) is 6.42 Å². The second-order valence-corrected chi connectivity index (χ2v) is 3.66. The number of hydrogen-bond donors (Lipinski definition) is 1. The van der Waals surface area contributed by atoms with E-state index in [9.17, 15) is 10.1 Å². The molecular formula is C12H11N3O4. The summed E-state index contributed by atoms with van der Waals surface area (Å²) in [5, 5.41) is 19.4. The highest BCUT2D eigenvalue weighted by atomic mass is 16.6. The van der Waals surface area contributed by atoms with Gasteiger partial charge in [0, 0.05) is 6.61 Å². The first-order valence-corrected chi connectivity index (χ1v) is 5.54. The van der Waals surface area contributed by atoms with Gasteiger partial charge >= 0.3 is 11.7 Å². The monoisotopic (exact) mass is 261 g/mol. The van der Waals surface area contributed by atoms with Crippen molar-refractivity contribution in [2.75, 3.05) is 6.61 Å². The second kappa shape index (κ2) is 5.87. The SMILES string of the molecule is O=[N+]([O-])c1cnc(Oc2ccccc2CCO)nc1. The predicted molar refractivity (Wildman–Crippen MR) is 66.0 cm³/mol. The van der Waals surface area contributed by atoms with Gasteiger partial charge in [-0.2, -0.15) is 9.97 Å². The van der Waals surface area contributed by atoms with E-state index in [0.29, 0.717) is 12.2 Å². The van der Waals surface area contributed by atoms with Crippen LogP contribution in [0, 0.1) is 10.1 Å². The number of aliphatic hydroxyl groups is 1. The van der Waals surface area contributed by atoms with Crippen molar-refractivity contribution in [3.8, 4) is 11.8 Å². The van der Waals surface area contributed by atoms with E-state index in [0.717, 1.165) is 18.0 Å². The Kier molecular flexibility index (Phi) is 3.99. The van der Waals surface area contributed by atoms with E-state index in [1.807, 2.05) is 12.1 Å². The Bertz CT molecular complexity index is 571. The number of ether oxygens (including phenoxy) is 1. The molecule has 0 radical (unpaired) electrons. The zero-order valence-electron chi connectivity index (χ0n) is 9.89. The molecule has 0 saturated heterocycles. The summed E-state index contributed by atoms with van der Waals surface area (Å²) in [6.45, 7) is 0.00148. The minimum absolute atomic E-state index is 0.00148. The second-order valence-electron chi connectivity index (χ2n) is 3.66. The van der Waals surface area contributed by atoms with E-state index in [4.69, 9.17) is 9.84 Å². The highest BCUT2D eigenvalue weighted by Crippen LogP contribution is 2.23. The molecule has 0 aliphatic rings. The third-order valence-electron chi connectivity index (χ3n) is 2.38. The normalized spacial score (nSPS) is 10.2. The quantitative estimate of drug-likeness (QED) is 0.649. The first kappa shape index (κ1) is 12.9. The predicted octanol–water partition coefficient (Wildman–Crippen LogP) is 1.71. The Morgan fingerprint density at radius 2 is 1.95 bits per heavy atom. The van der Waals surface area contributed by atoms with Crippen LogP contribution in [0.2, 0.25) is 0 Å². The van der Waals surface area contributed by atoms with Gasteiger partial charge in [-0.05, 0) is 18.1 Å². The van der Waals surface area contributed by atoms with Gasteiger partial charge in [-0.15, -0.1) is 0 Å². The summed E-state index contributed by atoms with van der Waals surface area (Å²) in [6.07, 6.45) is 2.61. The molecule has 98 valence electrons. The maximum absolute atomic E-state index is 10.5. The van der Waals surface area contributed by atoms with Crippen LogP contribution in [0.25, 0.3) is 0 Å². The Balaban J connectivity index is 2.19. The summed E-state index contributed by atoms with van der Waals surface area (Å²) in [6, 6.07) is 7.17. The molecule has 0 fully saturated rings. The van der Waals surface area contributed by atoms with Gasteiger partial charge in [-0.1, -0.05) is 18.2 Å². The molecule has 0 atom stereocenters. The lowest BCUT2D eigenvalue weighted by Gasteiger charge is -2.08. The van der Waals surface area contributed by atoms with E-state index < -0.39 is 4.92 Å². The van der Waals surface area contributed by atoms with Crippen LogP contribution in [0.1, 0.15) is 5.56 Å². The van der Waals surface area contributed by atoms with E-state index in [1.165, 1.54) is 0 Å². The molecule has 0 aliphatic heterocycles. The van der Waals surface area contributed by atoms with Gasteiger partial charge in [0.05, 0.1) is 4.92 Å². The largest absolute Gasteiger partial charge is 0.424 e. The van der Waals surface area contributed by atoms with Crippen molar-refractivity contribution in [2.24, 2.45) is 0 Å². The van der Waals surface area contributed by atoms with Crippen LogP contribution in [-0.4, -0.2) is 26.6 Å².